The Hall–Kier alpha value is -0.486. The molecular formula is C12H22F2Si2. The van der Waals surface area contributed by atoms with Crippen molar-refractivity contribution in [3.63, 3.8) is 0 Å². The Morgan fingerprint density at radius 3 is 0.938 bits per heavy atom. The van der Waals surface area contributed by atoms with Crippen LogP contribution in [0, 0.1) is 0 Å². The molecule has 0 unspecified atom stereocenters. The molecule has 0 atom stereocenters. The number of benzene rings is 1. The molecule has 0 saturated carbocycles. The number of halogens is 2. The van der Waals surface area contributed by atoms with E-state index in [-0.39, 0.29) is 5.16 Å². The maximum absolute atomic E-state index is 13.2. The van der Waals surface area contributed by atoms with Crippen molar-refractivity contribution in [2.45, 2.75) is 38.3 Å². The Balaban J connectivity index is 0.000000315. The quantitative estimate of drug-likeness (QED) is 0.521. The fraction of sp³-hybridized carbons (Fsp3) is 0.500. The van der Waals surface area contributed by atoms with Crippen LogP contribution in [0.3, 0.4) is 0 Å². The van der Waals surface area contributed by atoms with Gasteiger partial charge in [0.05, 0.1) is 0 Å². The highest BCUT2D eigenvalue weighted by Crippen LogP contribution is 2.32. The monoisotopic (exact) mass is 260 g/mol. The van der Waals surface area contributed by atoms with Crippen LogP contribution >= 0.6 is 0 Å². The van der Waals surface area contributed by atoms with Gasteiger partial charge in [-0.25, -0.2) is 0 Å². The summed E-state index contributed by atoms with van der Waals surface area (Å²) in [5.41, 5.74) is 0. The molecule has 0 aromatic heterocycles. The molecule has 0 bridgehead atoms. The molecule has 0 heterocycles. The predicted molar refractivity (Wildman–Crippen MR) is 73.0 cm³/mol. The van der Waals surface area contributed by atoms with E-state index in [9.17, 15) is 8.22 Å². The third-order valence-corrected chi connectivity index (χ3v) is 11.0. The molecule has 4 heteroatoms. The highest BCUT2D eigenvalue weighted by atomic mass is 28.4. The van der Waals surface area contributed by atoms with Crippen molar-refractivity contribution >= 4 is 16.8 Å². The summed E-state index contributed by atoms with van der Waals surface area (Å²) in [6.45, 7) is 8.01. The van der Waals surface area contributed by atoms with Crippen molar-refractivity contribution in [2.75, 3.05) is 0 Å². The molecule has 0 aliphatic carbocycles. The molecule has 1 aromatic rings. The fourth-order valence-corrected chi connectivity index (χ4v) is 7.73. The Kier molecular flexibility index (Phi) is 6.11. The minimum atomic E-state index is -2.71. The van der Waals surface area contributed by atoms with Crippen LogP contribution in [0.2, 0.25) is 31.4 Å². The molecule has 0 nitrogen and oxygen atoms in total. The van der Waals surface area contributed by atoms with E-state index >= 15 is 0 Å². The Morgan fingerprint density at radius 1 is 0.688 bits per heavy atom. The average molecular weight is 260 g/mol. The summed E-state index contributed by atoms with van der Waals surface area (Å²) >= 11 is 0. The zero-order valence-electron chi connectivity index (χ0n) is 10.8. The van der Waals surface area contributed by atoms with E-state index < -0.39 is 16.8 Å². The summed E-state index contributed by atoms with van der Waals surface area (Å²) in [6, 6.07) is 12.0. The van der Waals surface area contributed by atoms with Gasteiger partial charge in [-0.1, -0.05) is 43.3 Å². The molecule has 16 heavy (non-hydrogen) atoms. The van der Waals surface area contributed by atoms with Gasteiger partial charge < -0.3 is 8.22 Å². The lowest BCUT2D eigenvalue weighted by Gasteiger charge is -2.27. The van der Waals surface area contributed by atoms with Crippen molar-refractivity contribution in [1.29, 1.82) is 0 Å². The minimum absolute atomic E-state index is 0.292. The lowest BCUT2D eigenvalue weighted by atomic mass is 10.4. The van der Waals surface area contributed by atoms with Crippen LogP contribution < -0.4 is 0 Å². The van der Waals surface area contributed by atoms with E-state index in [1.54, 1.807) is 33.1 Å². The second kappa shape index (κ2) is 6.30. The van der Waals surface area contributed by atoms with E-state index in [0.717, 1.165) is 0 Å². The molecule has 0 saturated heterocycles. The van der Waals surface area contributed by atoms with Crippen LogP contribution in [0.5, 0.6) is 0 Å². The second-order valence-corrected chi connectivity index (χ2v) is 13.6. The van der Waals surface area contributed by atoms with Gasteiger partial charge in [-0.2, -0.15) is 0 Å². The maximum atomic E-state index is 13.2. The van der Waals surface area contributed by atoms with Crippen molar-refractivity contribution in [2.24, 2.45) is 0 Å². The number of hydrogen-bond acceptors (Lipinski definition) is 0. The molecule has 0 fully saturated rings. The molecule has 0 spiro atoms. The number of hydrogen-bond donors (Lipinski definition) is 0. The highest BCUT2D eigenvalue weighted by Gasteiger charge is 2.42. The average Bonchev–Trinajstić information content (AvgIpc) is 2.17. The zero-order chi connectivity index (χ0) is 12.8. The van der Waals surface area contributed by atoms with Gasteiger partial charge in [0.1, 0.15) is 0 Å². The smallest absolute Gasteiger partial charge is 0.243 e. The van der Waals surface area contributed by atoms with Crippen LogP contribution in [0.15, 0.2) is 36.4 Å². The van der Waals surface area contributed by atoms with E-state index in [4.69, 9.17) is 0 Å². The predicted octanol–water partition coefficient (Wildman–Crippen LogP) is 4.95. The van der Waals surface area contributed by atoms with Gasteiger partial charge in [0.25, 0.3) is 0 Å². The molecular weight excluding hydrogens is 238 g/mol. The summed E-state index contributed by atoms with van der Waals surface area (Å²) in [4.78, 5) is 0. The van der Waals surface area contributed by atoms with Gasteiger partial charge in [0, 0.05) is 5.16 Å². The third-order valence-electron chi connectivity index (χ3n) is 2.73. The molecule has 0 N–H and O–H groups in total. The SMILES string of the molecule is CC([Si](C)(C)F)[Si](C)(C)F.c1ccccc1. The summed E-state index contributed by atoms with van der Waals surface area (Å²) < 4.78 is 26.4. The molecule has 0 amide bonds. The molecule has 92 valence electrons. The maximum Gasteiger partial charge on any atom is 0.243 e. The summed E-state index contributed by atoms with van der Waals surface area (Å²) in [5.74, 6) is 0. The fourth-order valence-electron chi connectivity index (χ4n) is 1.20. The van der Waals surface area contributed by atoms with E-state index in [1.165, 1.54) is 0 Å². The largest absolute Gasteiger partial charge is 0.314 e. The Labute approximate surface area is 100 Å². The molecule has 0 aliphatic heterocycles. The van der Waals surface area contributed by atoms with E-state index in [2.05, 4.69) is 0 Å². The van der Waals surface area contributed by atoms with Crippen LogP contribution in [0.1, 0.15) is 6.92 Å². The van der Waals surface area contributed by atoms with Crippen molar-refractivity contribution < 1.29 is 8.22 Å². The Bertz CT molecular complexity index is 235. The van der Waals surface area contributed by atoms with Gasteiger partial charge in [0.15, 0.2) is 0 Å². The first kappa shape index (κ1) is 15.5. The van der Waals surface area contributed by atoms with Gasteiger partial charge >= 0.3 is 0 Å². The van der Waals surface area contributed by atoms with Gasteiger partial charge in [-0.3, -0.25) is 0 Å². The molecule has 1 aromatic carbocycles. The van der Waals surface area contributed by atoms with Gasteiger partial charge in [-0.15, -0.1) is 0 Å². The molecule has 0 aliphatic rings. The first-order chi connectivity index (χ1) is 7.15. The van der Waals surface area contributed by atoms with Crippen LogP contribution in [-0.2, 0) is 0 Å². The second-order valence-electron chi connectivity index (χ2n) is 5.01. The van der Waals surface area contributed by atoms with Gasteiger partial charge in [-0.05, 0) is 26.2 Å². The minimum Gasteiger partial charge on any atom is -0.314 e. The summed E-state index contributed by atoms with van der Waals surface area (Å²) in [6.07, 6.45) is 0. The number of rotatable bonds is 2. The van der Waals surface area contributed by atoms with Gasteiger partial charge in [0.2, 0.25) is 16.8 Å². The highest BCUT2D eigenvalue weighted by molar-refractivity contribution is 6.91. The van der Waals surface area contributed by atoms with Crippen molar-refractivity contribution in [3.05, 3.63) is 36.4 Å². The first-order valence-corrected chi connectivity index (χ1v) is 11.4. The van der Waals surface area contributed by atoms with E-state index in [0.29, 0.717) is 0 Å². The van der Waals surface area contributed by atoms with Crippen LogP contribution in [0.25, 0.3) is 0 Å². The molecule has 1 rings (SSSR count). The van der Waals surface area contributed by atoms with Crippen molar-refractivity contribution in [3.8, 4) is 0 Å². The summed E-state index contributed by atoms with van der Waals surface area (Å²) in [7, 11) is -5.42. The topological polar surface area (TPSA) is 0 Å². The van der Waals surface area contributed by atoms with Crippen LogP contribution in [0.4, 0.5) is 8.22 Å². The Morgan fingerprint density at radius 2 is 0.875 bits per heavy atom. The van der Waals surface area contributed by atoms with E-state index in [1.807, 2.05) is 36.4 Å². The summed E-state index contributed by atoms with van der Waals surface area (Å²) in [5, 5.41) is -0.292. The molecule has 0 radical (unpaired) electrons. The third kappa shape index (κ3) is 6.90. The standard InChI is InChI=1S/C6H16F2Si2.C6H6/c1-6(9(2,3)7)10(4,5)8;1-2-4-6-5-3-1/h6H,1-5H3;1-6H. The normalized spacial score (nSPS) is 12.0. The first-order valence-electron chi connectivity index (χ1n) is 5.53. The van der Waals surface area contributed by atoms with Crippen LogP contribution in [-0.4, -0.2) is 16.8 Å². The lowest BCUT2D eigenvalue weighted by Crippen LogP contribution is -2.40. The lowest BCUT2D eigenvalue weighted by molar-refractivity contribution is 0.725. The zero-order valence-corrected chi connectivity index (χ0v) is 12.8. The van der Waals surface area contributed by atoms with Crippen molar-refractivity contribution in [1.82, 2.24) is 0 Å².